The van der Waals surface area contributed by atoms with E-state index in [4.69, 9.17) is 0 Å². The molecule has 0 aliphatic heterocycles. The summed E-state index contributed by atoms with van der Waals surface area (Å²) in [6.07, 6.45) is -4.00. The second-order valence-electron chi connectivity index (χ2n) is 3.81. The first-order valence-corrected chi connectivity index (χ1v) is 5.48. The smallest absolute Gasteiger partial charge is 0.243 e. The lowest BCUT2D eigenvalue weighted by Crippen LogP contribution is -2.35. The minimum absolute atomic E-state index is 0.0820. The summed E-state index contributed by atoms with van der Waals surface area (Å²) in [7, 11) is 0. The average molecular weight is 310 g/mol. The van der Waals surface area contributed by atoms with Gasteiger partial charge in [0.1, 0.15) is 18.5 Å². The van der Waals surface area contributed by atoms with Gasteiger partial charge in [-0.3, -0.25) is 0 Å². The molecule has 21 heavy (non-hydrogen) atoms. The number of rotatable bonds is 2. The lowest BCUT2D eigenvalue weighted by atomic mass is 10.3. The molecule has 2 heterocycles. The maximum atomic E-state index is 13.2. The highest BCUT2D eigenvalue weighted by molar-refractivity contribution is 5.77. The predicted molar refractivity (Wildman–Crippen MR) is 55.6 cm³/mol. The Morgan fingerprint density at radius 2 is 1.95 bits per heavy atom. The Hall–Kier alpha value is -2.40. The van der Waals surface area contributed by atoms with Crippen molar-refractivity contribution in [3.05, 3.63) is 24.3 Å². The van der Waals surface area contributed by atoms with E-state index in [1.165, 1.54) is 6.92 Å². The zero-order valence-electron chi connectivity index (χ0n) is 10.3. The molecule has 0 spiro atoms. The third kappa shape index (κ3) is 2.48. The SMILES string of the molecule is CCc1nc(C(F)(F)C(F)(F)F)nn1C(=O)n1cncn1. The molecule has 2 rings (SSSR count). The van der Waals surface area contributed by atoms with Crippen LogP contribution in [-0.2, 0) is 12.3 Å². The molecule has 7 nitrogen and oxygen atoms in total. The molecule has 0 atom stereocenters. The van der Waals surface area contributed by atoms with Gasteiger partial charge in [0.15, 0.2) is 0 Å². The van der Waals surface area contributed by atoms with Crippen LogP contribution >= 0.6 is 0 Å². The van der Waals surface area contributed by atoms with Crippen molar-refractivity contribution in [2.45, 2.75) is 25.4 Å². The summed E-state index contributed by atoms with van der Waals surface area (Å²) in [5, 5.41) is 6.42. The van der Waals surface area contributed by atoms with E-state index in [0.717, 1.165) is 12.7 Å². The Morgan fingerprint density at radius 3 is 2.43 bits per heavy atom. The first-order chi connectivity index (χ1) is 9.68. The third-order valence-corrected chi connectivity index (χ3v) is 2.42. The molecule has 0 bridgehead atoms. The minimum atomic E-state index is -5.86. The van der Waals surface area contributed by atoms with Gasteiger partial charge in [0.2, 0.25) is 5.82 Å². The predicted octanol–water partition coefficient (Wildman–Crippen LogP) is 1.60. The molecule has 0 aromatic carbocycles. The van der Waals surface area contributed by atoms with Gasteiger partial charge >= 0.3 is 18.1 Å². The summed E-state index contributed by atoms with van der Waals surface area (Å²) in [6.45, 7) is 1.42. The summed E-state index contributed by atoms with van der Waals surface area (Å²) in [4.78, 5) is 18.4. The fourth-order valence-corrected chi connectivity index (χ4v) is 1.39. The molecule has 114 valence electrons. The molecule has 0 amide bonds. The highest BCUT2D eigenvalue weighted by Gasteiger charge is 2.62. The van der Waals surface area contributed by atoms with E-state index in [-0.39, 0.29) is 12.2 Å². The molecule has 0 fully saturated rings. The van der Waals surface area contributed by atoms with Crippen molar-refractivity contribution >= 4 is 6.03 Å². The molecule has 0 saturated heterocycles. The molecule has 0 radical (unpaired) electrons. The molecule has 0 unspecified atom stereocenters. The highest BCUT2D eigenvalue weighted by atomic mass is 19.4. The summed E-state index contributed by atoms with van der Waals surface area (Å²) < 4.78 is 64.2. The molecular formula is C9H7F5N6O. The van der Waals surface area contributed by atoms with Gasteiger partial charge in [-0.1, -0.05) is 6.92 Å². The number of carbonyl (C=O) groups is 1. The van der Waals surface area contributed by atoms with Crippen LogP contribution in [0.15, 0.2) is 12.7 Å². The third-order valence-electron chi connectivity index (χ3n) is 2.42. The van der Waals surface area contributed by atoms with Gasteiger partial charge < -0.3 is 0 Å². The van der Waals surface area contributed by atoms with E-state index in [2.05, 4.69) is 20.2 Å². The maximum absolute atomic E-state index is 13.2. The van der Waals surface area contributed by atoms with Crippen LogP contribution in [0.1, 0.15) is 18.6 Å². The maximum Gasteiger partial charge on any atom is 0.461 e. The largest absolute Gasteiger partial charge is 0.461 e. The van der Waals surface area contributed by atoms with Gasteiger partial charge in [0.05, 0.1) is 0 Å². The second kappa shape index (κ2) is 4.86. The minimum Gasteiger partial charge on any atom is -0.243 e. The number of halogens is 5. The quantitative estimate of drug-likeness (QED) is 0.787. The average Bonchev–Trinajstić information content (AvgIpc) is 3.06. The summed E-state index contributed by atoms with van der Waals surface area (Å²) in [5.41, 5.74) is 0. The summed E-state index contributed by atoms with van der Waals surface area (Å²) in [6, 6.07) is -1.07. The molecular weight excluding hydrogens is 303 g/mol. The summed E-state index contributed by atoms with van der Waals surface area (Å²) >= 11 is 0. The van der Waals surface area contributed by atoms with Crippen molar-refractivity contribution in [3.8, 4) is 0 Å². The van der Waals surface area contributed by atoms with Crippen molar-refractivity contribution in [3.63, 3.8) is 0 Å². The number of aromatic nitrogens is 6. The van der Waals surface area contributed by atoms with Crippen LogP contribution in [0.2, 0.25) is 0 Å². The van der Waals surface area contributed by atoms with Crippen LogP contribution in [0.4, 0.5) is 26.7 Å². The molecule has 0 saturated carbocycles. The van der Waals surface area contributed by atoms with Crippen molar-refractivity contribution < 1.29 is 26.7 Å². The van der Waals surface area contributed by atoms with E-state index >= 15 is 0 Å². The number of carbonyl (C=O) groups excluding carboxylic acids is 1. The van der Waals surface area contributed by atoms with Gasteiger partial charge in [-0.05, 0) is 0 Å². The van der Waals surface area contributed by atoms with Crippen molar-refractivity contribution in [1.82, 2.24) is 29.5 Å². The highest BCUT2D eigenvalue weighted by Crippen LogP contribution is 2.42. The number of hydrogen-bond donors (Lipinski definition) is 0. The van der Waals surface area contributed by atoms with Crippen LogP contribution in [0.5, 0.6) is 0 Å². The fourth-order valence-electron chi connectivity index (χ4n) is 1.39. The van der Waals surface area contributed by atoms with Gasteiger partial charge in [0, 0.05) is 6.42 Å². The van der Waals surface area contributed by atoms with Crippen LogP contribution < -0.4 is 0 Å². The van der Waals surface area contributed by atoms with Crippen molar-refractivity contribution in [2.24, 2.45) is 0 Å². The molecule has 0 aliphatic carbocycles. The van der Waals surface area contributed by atoms with Gasteiger partial charge in [0.25, 0.3) is 0 Å². The van der Waals surface area contributed by atoms with Gasteiger partial charge in [-0.25, -0.2) is 14.8 Å². The van der Waals surface area contributed by atoms with Crippen LogP contribution in [0, 0.1) is 0 Å². The standard InChI is InChI=1S/C9H7F5N6O/c1-2-5-17-6(8(10,11)9(12,13)14)18-20(5)7(21)19-4-15-3-16-19/h3-4H,2H2,1H3. The second-order valence-corrected chi connectivity index (χ2v) is 3.81. The zero-order chi connectivity index (χ0) is 15.8. The molecule has 0 N–H and O–H groups in total. The van der Waals surface area contributed by atoms with Gasteiger partial charge in [-0.15, -0.1) is 5.10 Å². The molecule has 2 aromatic rings. The van der Waals surface area contributed by atoms with E-state index in [1.54, 1.807) is 0 Å². The topological polar surface area (TPSA) is 78.5 Å². The van der Waals surface area contributed by atoms with E-state index in [9.17, 15) is 26.7 Å². The van der Waals surface area contributed by atoms with E-state index in [1.807, 2.05) is 0 Å². The van der Waals surface area contributed by atoms with Crippen LogP contribution in [0.25, 0.3) is 0 Å². The zero-order valence-corrected chi connectivity index (χ0v) is 10.3. The van der Waals surface area contributed by atoms with Crippen LogP contribution in [-0.4, -0.2) is 41.7 Å². The number of alkyl halides is 5. The molecule has 12 heteroatoms. The lowest BCUT2D eigenvalue weighted by Gasteiger charge is -2.15. The van der Waals surface area contributed by atoms with E-state index < -0.39 is 24.0 Å². The lowest BCUT2D eigenvalue weighted by molar-refractivity contribution is -0.292. The number of nitrogens with zero attached hydrogens (tertiary/aromatic N) is 6. The first kappa shape index (κ1) is 15.0. The van der Waals surface area contributed by atoms with E-state index in [0.29, 0.717) is 9.36 Å². The normalized spacial score (nSPS) is 12.7. The van der Waals surface area contributed by atoms with Crippen molar-refractivity contribution in [2.75, 3.05) is 0 Å². The fraction of sp³-hybridized carbons (Fsp3) is 0.444. The Morgan fingerprint density at radius 1 is 1.29 bits per heavy atom. The Kier molecular flexibility index (Phi) is 3.47. The number of hydrogen-bond acceptors (Lipinski definition) is 5. The Labute approximate surface area is 113 Å². The van der Waals surface area contributed by atoms with Crippen LogP contribution in [0.3, 0.4) is 0 Å². The Bertz CT molecular complexity index is 646. The Balaban J connectivity index is 2.48. The van der Waals surface area contributed by atoms with Gasteiger partial charge in [-0.2, -0.15) is 36.4 Å². The first-order valence-electron chi connectivity index (χ1n) is 5.48. The molecule has 2 aromatic heterocycles. The van der Waals surface area contributed by atoms with Crippen molar-refractivity contribution in [1.29, 1.82) is 0 Å². The number of aryl methyl sites for hydroxylation is 1. The monoisotopic (exact) mass is 310 g/mol. The molecule has 0 aliphatic rings. The summed E-state index contributed by atoms with van der Waals surface area (Å²) in [5.74, 6) is -7.40.